The van der Waals surface area contributed by atoms with E-state index in [1.807, 2.05) is 20.8 Å². The first-order valence-corrected chi connectivity index (χ1v) is 21.3. The molecule has 1 saturated carbocycles. The van der Waals surface area contributed by atoms with Gasteiger partial charge in [-0.3, -0.25) is 38.5 Å². The van der Waals surface area contributed by atoms with Crippen molar-refractivity contribution in [2.24, 2.45) is 17.8 Å². The molecule has 1 aromatic heterocycles. The van der Waals surface area contributed by atoms with Gasteiger partial charge in [0.15, 0.2) is 0 Å². The van der Waals surface area contributed by atoms with E-state index in [1.165, 1.54) is 36.8 Å². The van der Waals surface area contributed by atoms with Crippen LogP contribution in [0.3, 0.4) is 0 Å². The largest absolute Gasteiger partial charge is 0.344 e. The Balaban J connectivity index is 1.73. The quantitative estimate of drug-likeness (QED) is 0.0978. The fraction of sp³-hybridized carbons (Fsp3) is 0.550. The third kappa shape index (κ3) is 14.8. The van der Waals surface area contributed by atoms with Crippen LogP contribution in [0.15, 0.2) is 47.8 Å². The minimum absolute atomic E-state index is 0.0135. The summed E-state index contributed by atoms with van der Waals surface area (Å²) in [4.78, 5) is 101. The van der Waals surface area contributed by atoms with Crippen molar-refractivity contribution in [1.82, 2.24) is 41.3 Å². The zero-order valence-corrected chi connectivity index (χ0v) is 34.9. The van der Waals surface area contributed by atoms with Crippen molar-refractivity contribution in [3.8, 4) is 6.07 Å². The summed E-state index contributed by atoms with van der Waals surface area (Å²) >= 11 is 0. The lowest BCUT2D eigenvalue weighted by Crippen LogP contribution is -2.60. The van der Waals surface area contributed by atoms with Gasteiger partial charge in [0.05, 0.1) is 35.3 Å². The van der Waals surface area contributed by atoms with Crippen LogP contribution in [0.4, 0.5) is 0 Å². The summed E-state index contributed by atoms with van der Waals surface area (Å²) in [7, 11) is -4.40. The maximum atomic E-state index is 14.1. The second-order valence-corrected chi connectivity index (χ2v) is 16.8. The van der Waals surface area contributed by atoms with Crippen LogP contribution in [0.1, 0.15) is 108 Å². The average molecular weight is 838 g/mol. The van der Waals surface area contributed by atoms with E-state index in [0.717, 1.165) is 38.2 Å². The van der Waals surface area contributed by atoms with E-state index in [9.17, 15) is 42.0 Å². The zero-order chi connectivity index (χ0) is 43.7. The molecule has 1 aliphatic rings. The third-order valence-electron chi connectivity index (χ3n) is 10.0. The van der Waals surface area contributed by atoms with Crippen LogP contribution in [0.2, 0.25) is 0 Å². The molecular weight excluding hydrogens is 783 g/mol. The number of rotatable bonds is 21. The molecule has 1 fully saturated rings. The molecule has 1 heterocycles. The fourth-order valence-corrected chi connectivity index (χ4v) is 7.59. The van der Waals surface area contributed by atoms with Crippen LogP contribution >= 0.6 is 0 Å². The van der Waals surface area contributed by atoms with Crippen LogP contribution in [0.25, 0.3) is 0 Å². The van der Waals surface area contributed by atoms with E-state index in [0.29, 0.717) is 6.42 Å². The van der Waals surface area contributed by atoms with E-state index >= 15 is 0 Å². The number of nitrogens with one attached hydrogen (secondary N) is 6. The first kappa shape index (κ1) is 47.6. The molecule has 59 heavy (non-hydrogen) atoms. The van der Waals surface area contributed by atoms with Gasteiger partial charge in [0, 0.05) is 12.4 Å². The number of nitriles is 1. The number of sulfonamides is 1. The molecule has 0 saturated heterocycles. The van der Waals surface area contributed by atoms with E-state index < -0.39 is 87.9 Å². The smallest absolute Gasteiger partial charge is 0.290 e. The van der Waals surface area contributed by atoms with E-state index in [1.54, 1.807) is 24.6 Å². The van der Waals surface area contributed by atoms with Gasteiger partial charge in [-0.1, -0.05) is 79.2 Å². The minimum Gasteiger partial charge on any atom is -0.344 e. The number of hydrogen-bond donors (Lipinski definition) is 6. The predicted octanol–water partition coefficient (Wildman–Crippen LogP) is 1.56. The highest BCUT2D eigenvalue weighted by atomic mass is 32.2. The molecule has 0 radical (unpaired) electrons. The average Bonchev–Trinajstić information content (AvgIpc) is 3.22. The van der Waals surface area contributed by atoms with Crippen molar-refractivity contribution in [2.45, 2.75) is 121 Å². The van der Waals surface area contributed by atoms with Crippen molar-refractivity contribution >= 4 is 51.2 Å². The Morgan fingerprint density at radius 2 is 1.53 bits per heavy atom. The SMILES string of the molecule is CC[C@H](NC(=O)[C@H](CC1CCCCC1)NC(=O)[C@@H](NC(=O)[C@H](CC(C)C)NC(=O)c1cnccn1)[C@@H](C)CC)C(=O)C(=O)NCC(=O)NS(=O)(=O)c1cccc(C#N)c1. The summed E-state index contributed by atoms with van der Waals surface area (Å²) in [6, 6.07) is 2.07. The van der Waals surface area contributed by atoms with Gasteiger partial charge < -0.3 is 26.6 Å². The maximum Gasteiger partial charge on any atom is 0.290 e. The Labute approximate surface area is 344 Å². The third-order valence-corrected chi connectivity index (χ3v) is 11.4. The highest BCUT2D eigenvalue weighted by Gasteiger charge is 2.35. The summed E-state index contributed by atoms with van der Waals surface area (Å²) < 4.78 is 27.0. The Morgan fingerprint density at radius 3 is 2.14 bits per heavy atom. The number of Topliss-reactive ketones (excluding diaryl/α,β-unsaturated/α-hetero) is 1. The Morgan fingerprint density at radius 1 is 0.847 bits per heavy atom. The summed E-state index contributed by atoms with van der Waals surface area (Å²) in [5, 5.41) is 22.0. The Hall–Kier alpha value is -5.77. The van der Waals surface area contributed by atoms with Gasteiger partial charge >= 0.3 is 0 Å². The standard InChI is InChI=1S/C40H55N9O9S/c1-6-25(5)34(48-37(53)30(18-24(3)4)46-38(54)32-22-42-16-17-43-32)39(55)47-31(20-26-12-9-8-10-13-26)36(52)45-29(7-2)35(51)40(56)44-23-33(50)49-59(57,58)28-15-11-14-27(19-28)21-41/h11,14-17,19,22,24-26,29-31,34H,6-10,12-13,18,20,23H2,1-5H3,(H,44,56)(H,45,52)(H,46,54)(H,47,55)(H,48,53)(H,49,50)/t25-,29-,30-,31-,34-/m0/s1. The number of hydrogen-bond acceptors (Lipinski definition) is 12. The number of nitrogens with zero attached hydrogens (tertiary/aromatic N) is 3. The van der Waals surface area contributed by atoms with E-state index in [-0.39, 0.29) is 47.3 Å². The van der Waals surface area contributed by atoms with Crippen LogP contribution in [-0.2, 0) is 38.8 Å². The number of amides is 6. The van der Waals surface area contributed by atoms with E-state index in [2.05, 4.69) is 36.6 Å². The summed E-state index contributed by atoms with van der Waals surface area (Å²) in [5.74, 6) is -6.48. The molecule has 0 unspecified atom stereocenters. The van der Waals surface area contributed by atoms with Gasteiger partial charge in [-0.15, -0.1) is 0 Å². The molecule has 320 valence electrons. The highest BCUT2D eigenvalue weighted by molar-refractivity contribution is 7.90. The number of carbonyl (C=O) groups is 7. The molecule has 6 amide bonds. The van der Waals surface area contributed by atoms with Crippen molar-refractivity contribution < 1.29 is 42.0 Å². The maximum absolute atomic E-state index is 14.1. The summed E-state index contributed by atoms with van der Waals surface area (Å²) in [5.41, 5.74) is 0.0576. The molecule has 3 rings (SSSR count). The summed E-state index contributed by atoms with van der Waals surface area (Å²) in [6.45, 7) is 8.02. The molecule has 0 bridgehead atoms. The number of carbonyl (C=O) groups excluding carboxylic acids is 7. The van der Waals surface area contributed by atoms with Crippen LogP contribution in [-0.4, -0.2) is 90.3 Å². The molecule has 5 atom stereocenters. The molecule has 0 spiro atoms. The lowest BCUT2D eigenvalue weighted by Gasteiger charge is -2.31. The van der Waals surface area contributed by atoms with Gasteiger partial charge in [-0.05, 0) is 55.2 Å². The molecule has 1 aromatic carbocycles. The van der Waals surface area contributed by atoms with Crippen molar-refractivity contribution in [1.29, 1.82) is 5.26 Å². The van der Waals surface area contributed by atoms with Gasteiger partial charge in [-0.25, -0.2) is 18.1 Å². The van der Waals surface area contributed by atoms with Crippen LogP contribution in [0.5, 0.6) is 0 Å². The molecule has 1 aliphatic carbocycles. The molecule has 19 heteroatoms. The molecule has 18 nitrogen and oxygen atoms in total. The highest BCUT2D eigenvalue weighted by Crippen LogP contribution is 2.28. The predicted molar refractivity (Wildman–Crippen MR) is 214 cm³/mol. The number of aromatic nitrogens is 2. The van der Waals surface area contributed by atoms with Gasteiger partial charge in [0.2, 0.25) is 23.5 Å². The van der Waals surface area contributed by atoms with Crippen LogP contribution < -0.4 is 31.3 Å². The molecule has 6 N–H and O–H groups in total. The minimum atomic E-state index is -4.40. The fourth-order valence-electron chi connectivity index (χ4n) is 6.57. The first-order valence-electron chi connectivity index (χ1n) is 19.8. The van der Waals surface area contributed by atoms with E-state index in [4.69, 9.17) is 5.26 Å². The topological polar surface area (TPSA) is 275 Å². The second-order valence-electron chi connectivity index (χ2n) is 15.1. The Kier molecular flexibility index (Phi) is 18.5. The van der Waals surface area contributed by atoms with Crippen molar-refractivity contribution in [3.05, 3.63) is 54.1 Å². The Bertz CT molecular complexity index is 1970. The zero-order valence-electron chi connectivity index (χ0n) is 34.1. The second kappa shape index (κ2) is 23.0. The lowest BCUT2D eigenvalue weighted by atomic mass is 9.84. The van der Waals surface area contributed by atoms with Crippen molar-refractivity contribution in [3.63, 3.8) is 0 Å². The van der Waals surface area contributed by atoms with Crippen molar-refractivity contribution in [2.75, 3.05) is 6.54 Å². The van der Waals surface area contributed by atoms with Gasteiger partial charge in [0.1, 0.15) is 23.8 Å². The number of benzene rings is 1. The number of ketones is 1. The molecule has 0 aliphatic heterocycles. The first-order chi connectivity index (χ1) is 28.0. The summed E-state index contributed by atoms with van der Waals surface area (Å²) in [6.07, 6.45) is 9.47. The monoisotopic (exact) mass is 837 g/mol. The van der Waals surface area contributed by atoms with Gasteiger partial charge in [-0.2, -0.15) is 5.26 Å². The normalized spacial score (nSPS) is 15.5. The van der Waals surface area contributed by atoms with Crippen LogP contribution in [0, 0.1) is 29.1 Å². The van der Waals surface area contributed by atoms with Gasteiger partial charge in [0.25, 0.3) is 27.7 Å². The molecule has 2 aromatic rings. The lowest BCUT2D eigenvalue weighted by molar-refractivity contribution is -0.141. The molecular formula is C40H55N9O9S.